The number of halogens is 2. The first-order valence-electron chi connectivity index (χ1n) is 5.79. The number of hydrogen-bond donors (Lipinski definition) is 2. The molecule has 0 atom stereocenters. The third kappa shape index (κ3) is 2.84. The van der Waals surface area contributed by atoms with E-state index in [-0.39, 0.29) is 0 Å². The van der Waals surface area contributed by atoms with E-state index < -0.39 is 0 Å². The molecular weight excluding hydrogens is 259 g/mol. The minimum atomic E-state index is 0.403. The van der Waals surface area contributed by atoms with E-state index in [0.29, 0.717) is 28.0 Å². The van der Waals surface area contributed by atoms with E-state index in [1.807, 2.05) is 0 Å². The molecule has 0 unspecified atom stereocenters. The van der Waals surface area contributed by atoms with Crippen LogP contribution in [-0.2, 0) is 6.42 Å². The lowest BCUT2D eigenvalue weighted by Gasteiger charge is -2.07. The average molecular weight is 271 g/mol. The molecular formula is C13H10Cl2O2. The molecule has 2 rings (SSSR count). The van der Waals surface area contributed by atoms with Crippen LogP contribution < -0.4 is 0 Å². The summed E-state index contributed by atoms with van der Waals surface area (Å²) in [5, 5.41) is 10.2. The van der Waals surface area contributed by atoms with Crippen LogP contribution in [0.1, 0.15) is 11.1 Å². The molecule has 0 saturated heterocycles. The van der Waals surface area contributed by atoms with Crippen molar-refractivity contribution < 1.29 is 10.2 Å². The van der Waals surface area contributed by atoms with Crippen LogP contribution in [0.3, 0.4) is 0 Å². The summed E-state index contributed by atoms with van der Waals surface area (Å²) in [5.74, 6) is 0.806. The lowest BCUT2D eigenvalue weighted by molar-refractivity contribution is 0.463. The van der Waals surface area contributed by atoms with Gasteiger partial charge in [0.1, 0.15) is 11.5 Å². The van der Waals surface area contributed by atoms with Crippen molar-refractivity contribution in [3.05, 3.63) is 57.6 Å². The first-order valence-corrected chi connectivity index (χ1v) is 5.73. The van der Waals surface area contributed by atoms with Crippen LogP contribution in [0.25, 0.3) is 0 Å². The Labute approximate surface area is 112 Å². The molecule has 2 aromatic rings. The molecule has 0 aliphatic heterocycles. The van der Waals surface area contributed by atoms with Gasteiger partial charge in [-0.25, -0.2) is 0 Å². The lowest BCUT2D eigenvalue weighted by atomic mass is 10.0. The number of benzene rings is 2. The normalized spacial score (nSPS) is 11.6. The SMILES string of the molecule is [2H]Oc1ccc(Cl)cc1Cc1cc(Cl)ccc1O[2H]. The number of phenols is 2. The van der Waals surface area contributed by atoms with E-state index in [4.69, 9.17) is 26.1 Å². The van der Waals surface area contributed by atoms with Crippen molar-refractivity contribution in [2.24, 2.45) is 0 Å². The molecule has 0 aliphatic carbocycles. The zero-order chi connectivity index (χ0) is 13.8. The Bertz CT molecular complexity index is 539. The highest BCUT2D eigenvalue weighted by Crippen LogP contribution is 2.29. The smallest absolute Gasteiger partial charge is 0.293 e. The highest BCUT2D eigenvalue weighted by Gasteiger charge is 2.07. The first kappa shape index (κ1) is 9.63. The quantitative estimate of drug-likeness (QED) is 0.882. The van der Waals surface area contributed by atoms with E-state index in [1.165, 1.54) is 0 Å². The summed E-state index contributed by atoms with van der Waals surface area (Å²) in [7, 11) is 0. The van der Waals surface area contributed by atoms with E-state index in [2.05, 4.69) is 10.2 Å². The van der Waals surface area contributed by atoms with Crippen LogP contribution in [0.4, 0.5) is 0 Å². The number of hydrogen-bond acceptors (Lipinski definition) is 2. The molecule has 0 spiro atoms. The third-order valence-electron chi connectivity index (χ3n) is 2.43. The maximum Gasteiger partial charge on any atom is 0.293 e. The Morgan fingerprint density at radius 1 is 0.882 bits per heavy atom. The molecule has 17 heavy (non-hydrogen) atoms. The highest BCUT2D eigenvalue weighted by atomic mass is 35.5. The van der Waals surface area contributed by atoms with Crippen molar-refractivity contribution in [2.45, 2.75) is 6.42 Å². The molecule has 0 aliphatic rings. The van der Waals surface area contributed by atoms with Gasteiger partial charge in [-0.15, -0.1) is 0 Å². The van der Waals surface area contributed by atoms with Gasteiger partial charge in [-0.2, -0.15) is 0 Å². The van der Waals surface area contributed by atoms with Crippen molar-refractivity contribution in [2.75, 3.05) is 0 Å². The fraction of sp³-hybridized carbons (Fsp3) is 0.0769. The van der Waals surface area contributed by atoms with Crippen molar-refractivity contribution >= 4 is 23.2 Å². The van der Waals surface area contributed by atoms with E-state index in [9.17, 15) is 0 Å². The summed E-state index contributed by atoms with van der Waals surface area (Å²) in [4.78, 5) is 0. The standard InChI is InChI=1S/C13H10Cl2O2/c14-10-1-3-12(16)8(6-10)5-9-7-11(15)2-4-13(9)17/h1-4,6-7,16-17H,5H2/i/hD2. The van der Waals surface area contributed by atoms with Gasteiger partial charge < -0.3 is 10.2 Å². The van der Waals surface area contributed by atoms with Crippen LogP contribution >= 0.6 is 23.2 Å². The fourth-order valence-corrected chi connectivity index (χ4v) is 1.97. The molecule has 0 radical (unpaired) electrons. The minimum Gasteiger partial charge on any atom is -0.508 e. The Balaban J connectivity index is 2.40. The first-order chi connectivity index (χ1) is 9.13. The third-order valence-corrected chi connectivity index (χ3v) is 2.90. The zero-order valence-corrected chi connectivity index (χ0v) is 10.3. The molecule has 0 fully saturated rings. The maximum atomic E-state index is 7.02. The highest BCUT2D eigenvalue weighted by molar-refractivity contribution is 6.31. The number of phenolic OH excluding ortho intramolecular Hbond substituents is 2. The number of rotatable bonds is 4. The van der Waals surface area contributed by atoms with Crippen molar-refractivity contribution in [3.8, 4) is 11.5 Å². The predicted molar refractivity (Wildman–Crippen MR) is 69.0 cm³/mol. The number of aromatic hydroxyl groups is 2. The van der Waals surface area contributed by atoms with E-state index in [0.717, 1.165) is 11.1 Å². The second-order valence-electron chi connectivity index (χ2n) is 3.68. The van der Waals surface area contributed by atoms with Gasteiger partial charge in [0.2, 0.25) is 0 Å². The molecule has 0 saturated carbocycles. The average Bonchev–Trinajstić information content (AvgIpc) is 2.39. The molecule has 2 nitrogen and oxygen atoms in total. The van der Waals surface area contributed by atoms with Crippen LogP contribution in [0.2, 0.25) is 10.0 Å². The van der Waals surface area contributed by atoms with Gasteiger partial charge in [0.25, 0.3) is 2.86 Å². The van der Waals surface area contributed by atoms with E-state index >= 15 is 0 Å². The monoisotopic (exact) mass is 270 g/mol. The molecule has 2 aromatic carbocycles. The summed E-state index contributed by atoms with van der Waals surface area (Å²) >= 11 is 11.9. The second kappa shape index (κ2) is 4.86. The Hall–Kier alpha value is -1.38. The van der Waals surface area contributed by atoms with Gasteiger partial charge in [-0.3, -0.25) is 0 Å². The molecule has 2 N–H and O–H groups in total. The Morgan fingerprint density at radius 2 is 1.35 bits per heavy atom. The molecule has 0 aromatic heterocycles. The summed E-state index contributed by atoms with van der Waals surface area (Å²) in [6, 6.07) is 9.95. The Morgan fingerprint density at radius 3 is 1.76 bits per heavy atom. The zero-order valence-electron chi connectivity index (χ0n) is 10.7. The minimum absolute atomic E-state index is 0.403. The summed E-state index contributed by atoms with van der Waals surface area (Å²) in [5.41, 5.74) is 1.45. The molecule has 0 bridgehead atoms. The Kier molecular flexibility index (Phi) is 2.75. The van der Waals surface area contributed by atoms with E-state index in [1.54, 1.807) is 36.4 Å². The van der Waals surface area contributed by atoms with Crippen LogP contribution in [0.5, 0.6) is 11.5 Å². The maximum absolute atomic E-state index is 7.02. The topological polar surface area (TPSA) is 40.5 Å². The summed E-state index contributed by atoms with van der Waals surface area (Å²) < 4.78 is 14.0. The molecule has 4 heteroatoms. The fourth-order valence-electron chi connectivity index (χ4n) is 1.58. The van der Waals surface area contributed by atoms with Gasteiger partial charge in [-0.05, 0) is 47.5 Å². The van der Waals surface area contributed by atoms with Crippen LogP contribution in [-0.4, -0.2) is 13.1 Å². The van der Waals surface area contributed by atoms with Crippen LogP contribution in [0.15, 0.2) is 36.4 Å². The molecule has 88 valence electrons. The second-order valence-corrected chi connectivity index (χ2v) is 4.55. The summed E-state index contributed by atoms with van der Waals surface area (Å²) in [6.45, 7) is 0. The van der Waals surface area contributed by atoms with Crippen molar-refractivity contribution in [1.29, 1.82) is 2.86 Å². The molecule has 0 heterocycles. The van der Waals surface area contributed by atoms with Gasteiger partial charge in [0.15, 0.2) is 0 Å². The largest absolute Gasteiger partial charge is 0.508 e. The lowest BCUT2D eigenvalue weighted by Crippen LogP contribution is -1.90. The van der Waals surface area contributed by atoms with Crippen LogP contribution in [0, 0.1) is 0 Å². The molecule has 0 amide bonds. The van der Waals surface area contributed by atoms with Gasteiger partial charge in [0.05, 0.1) is 0 Å². The van der Waals surface area contributed by atoms with Crippen molar-refractivity contribution in [3.63, 3.8) is 0 Å². The predicted octanol–water partition coefficient (Wildman–Crippen LogP) is 4.00. The van der Waals surface area contributed by atoms with Gasteiger partial charge in [0, 0.05) is 16.5 Å². The van der Waals surface area contributed by atoms with Gasteiger partial charge >= 0.3 is 0 Å². The summed E-state index contributed by atoms with van der Waals surface area (Å²) in [6.07, 6.45) is 0.406. The van der Waals surface area contributed by atoms with Gasteiger partial charge in [-0.1, -0.05) is 23.2 Å². The van der Waals surface area contributed by atoms with Crippen molar-refractivity contribution in [1.82, 2.24) is 0 Å².